The minimum atomic E-state index is -4.46. The number of alkyl halides is 3. The number of terminal acetylenes is 1. The maximum absolute atomic E-state index is 12.8. The third-order valence-corrected chi connectivity index (χ3v) is 3.36. The Balaban J connectivity index is 2.40. The first-order valence-electron chi connectivity index (χ1n) is 5.40. The van der Waals surface area contributed by atoms with Gasteiger partial charge in [0, 0.05) is 24.2 Å². The molecule has 0 radical (unpaired) electrons. The van der Waals surface area contributed by atoms with E-state index in [2.05, 4.69) is 0 Å². The van der Waals surface area contributed by atoms with Gasteiger partial charge in [0.1, 0.15) is 4.99 Å². The van der Waals surface area contributed by atoms with Gasteiger partial charge >= 0.3 is 6.18 Å². The second-order valence-corrected chi connectivity index (χ2v) is 4.43. The first-order valence-corrected chi connectivity index (χ1v) is 5.81. The number of likely N-dealkylation sites (tertiary alicyclic amines) is 1. The molecule has 0 atom stereocenters. The van der Waals surface area contributed by atoms with Crippen LogP contribution >= 0.6 is 12.2 Å². The minimum Gasteiger partial charge on any atom is -0.362 e. The van der Waals surface area contributed by atoms with E-state index in [0.717, 1.165) is 25.6 Å². The van der Waals surface area contributed by atoms with Crippen LogP contribution < -0.4 is 0 Å². The van der Waals surface area contributed by atoms with Crippen LogP contribution in [0.25, 0.3) is 0 Å². The van der Waals surface area contributed by atoms with Crippen LogP contribution in [0.15, 0.2) is 18.2 Å². The molecule has 1 fully saturated rings. The normalized spacial score (nSPS) is 14.9. The maximum atomic E-state index is 12.8. The Morgan fingerprint density at radius 2 is 2.00 bits per heavy atom. The van der Waals surface area contributed by atoms with Crippen LogP contribution in [0.1, 0.15) is 23.1 Å². The molecule has 0 saturated carbocycles. The Morgan fingerprint density at radius 3 is 2.44 bits per heavy atom. The van der Waals surface area contributed by atoms with E-state index in [1.165, 1.54) is 6.07 Å². The van der Waals surface area contributed by atoms with Gasteiger partial charge in [0.2, 0.25) is 0 Å². The quantitative estimate of drug-likeness (QED) is 0.569. The topological polar surface area (TPSA) is 3.24 Å². The van der Waals surface area contributed by atoms with Gasteiger partial charge in [0.15, 0.2) is 0 Å². The molecule has 2 rings (SSSR count). The lowest BCUT2D eigenvalue weighted by Crippen LogP contribution is -2.41. The summed E-state index contributed by atoms with van der Waals surface area (Å²) in [6.07, 6.45) is 1.64. The zero-order valence-corrected chi connectivity index (χ0v) is 10.2. The van der Waals surface area contributed by atoms with Gasteiger partial charge in [-0.3, -0.25) is 0 Å². The molecule has 0 N–H and O–H groups in total. The van der Waals surface area contributed by atoms with E-state index in [-0.39, 0.29) is 5.56 Å². The molecule has 1 saturated heterocycles. The number of hydrogen-bond donors (Lipinski definition) is 0. The van der Waals surface area contributed by atoms with Crippen LogP contribution in [0.3, 0.4) is 0 Å². The summed E-state index contributed by atoms with van der Waals surface area (Å²) in [6.45, 7) is 1.61. The van der Waals surface area contributed by atoms with Crippen molar-refractivity contribution >= 4 is 17.2 Å². The highest BCUT2D eigenvalue weighted by Gasteiger charge is 2.34. The highest BCUT2D eigenvalue weighted by Crippen LogP contribution is 2.33. The Morgan fingerprint density at radius 1 is 1.33 bits per heavy atom. The zero-order valence-electron chi connectivity index (χ0n) is 9.42. The number of benzene rings is 1. The Labute approximate surface area is 109 Å². The van der Waals surface area contributed by atoms with Gasteiger partial charge in [0.25, 0.3) is 0 Å². The molecular formula is C13H10F3NS. The third-order valence-electron chi connectivity index (χ3n) is 2.87. The number of halogens is 3. The lowest BCUT2D eigenvalue weighted by molar-refractivity contribution is -0.137. The van der Waals surface area contributed by atoms with Crippen molar-refractivity contribution in [2.24, 2.45) is 0 Å². The highest BCUT2D eigenvalue weighted by atomic mass is 32.1. The van der Waals surface area contributed by atoms with Crippen molar-refractivity contribution in [1.82, 2.24) is 4.90 Å². The van der Waals surface area contributed by atoms with Crippen molar-refractivity contribution in [3.8, 4) is 12.3 Å². The van der Waals surface area contributed by atoms with E-state index in [0.29, 0.717) is 10.6 Å². The first-order chi connectivity index (χ1) is 8.43. The lowest BCUT2D eigenvalue weighted by Gasteiger charge is -2.33. The fourth-order valence-electron chi connectivity index (χ4n) is 1.74. The molecular weight excluding hydrogens is 259 g/mol. The molecule has 1 nitrogen and oxygen atoms in total. The van der Waals surface area contributed by atoms with Crippen molar-refractivity contribution in [1.29, 1.82) is 0 Å². The van der Waals surface area contributed by atoms with E-state index < -0.39 is 11.7 Å². The van der Waals surface area contributed by atoms with E-state index in [1.807, 2.05) is 10.8 Å². The zero-order chi connectivity index (χ0) is 13.3. The second kappa shape index (κ2) is 4.62. The van der Waals surface area contributed by atoms with Crippen LogP contribution in [-0.2, 0) is 6.18 Å². The van der Waals surface area contributed by atoms with E-state index >= 15 is 0 Å². The van der Waals surface area contributed by atoms with Gasteiger partial charge in [-0.15, -0.1) is 6.42 Å². The number of nitrogens with zero attached hydrogens (tertiary/aromatic N) is 1. The van der Waals surface area contributed by atoms with E-state index in [9.17, 15) is 13.2 Å². The SMILES string of the molecule is C#Cc1ccc(C(=S)N2CCC2)cc1C(F)(F)F. The van der Waals surface area contributed by atoms with Crippen molar-refractivity contribution in [3.63, 3.8) is 0 Å². The molecule has 1 aromatic rings. The average Bonchev–Trinajstić information content (AvgIpc) is 2.24. The monoisotopic (exact) mass is 269 g/mol. The van der Waals surface area contributed by atoms with Gasteiger partial charge in [-0.1, -0.05) is 24.2 Å². The predicted molar refractivity (Wildman–Crippen MR) is 67.3 cm³/mol. The largest absolute Gasteiger partial charge is 0.417 e. The van der Waals surface area contributed by atoms with Gasteiger partial charge in [0.05, 0.1) is 5.56 Å². The summed E-state index contributed by atoms with van der Waals surface area (Å²) in [5.41, 5.74) is -0.556. The van der Waals surface area contributed by atoms with Gasteiger partial charge in [-0.05, 0) is 18.6 Å². The molecule has 5 heteroatoms. The van der Waals surface area contributed by atoms with Gasteiger partial charge < -0.3 is 4.90 Å². The summed E-state index contributed by atoms with van der Waals surface area (Å²) in [5, 5.41) is 0. The van der Waals surface area contributed by atoms with Crippen molar-refractivity contribution in [2.75, 3.05) is 13.1 Å². The molecule has 0 aromatic heterocycles. The molecule has 0 spiro atoms. The van der Waals surface area contributed by atoms with Crippen molar-refractivity contribution in [3.05, 3.63) is 34.9 Å². The number of thiocarbonyl (C=S) groups is 1. The summed E-state index contributed by atoms with van der Waals surface area (Å²) >= 11 is 5.16. The summed E-state index contributed by atoms with van der Waals surface area (Å²) in [7, 11) is 0. The predicted octanol–water partition coefficient (Wildman–Crippen LogP) is 3.07. The van der Waals surface area contributed by atoms with E-state index in [1.54, 1.807) is 6.07 Å². The Kier molecular flexibility index (Phi) is 3.31. The Hall–Kier alpha value is -1.54. The number of rotatable bonds is 1. The first kappa shape index (κ1) is 12.9. The summed E-state index contributed by atoms with van der Waals surface area (Å²) in [6, 6.07) is 3.88. The van der Waals surface area contributed by atoms with Crippen LogP contribution in [-0.4, -0.2) is 23.0 Å². The minimum absolute atomic E-state index is 0.155. The summed E-state index contributed by atoms with van der Waals surface area (Å²) in [4.78, 5) is 2.33. The fourth-order valence-corrected chi connectivity index (χ4v) is 2.05. The second-order valence-electron chi connectivity index (χ2n) is 4.05. The average molecular weight is 269 g/mol. The molecule has 18 heavy (non-hydrogen) atoms. The molecule has 1 aliphatic rings. The molecule has 1 heterocycles. The van der Waals surface area contributed by atoms with Gasteiger partial charge in [-0.2, -0.15) is 13.2 Å². The summed E-state index contributed by atoms with van der Waals surface area (Å²) in [5.74, 6) is 2.05. The van der Waals surface area contributed by atoms with E-state index in [4.69, 9.17) is 18.6 Å². The Bertz CT molecular complexity index is 524. The van der Waals surface area contributed by atoms with Crippen LogP contribution in [0.2, 0.25) is 0 Å². The molecule has 1 aliphatic heterocycles. The molecule has 0 bridgehead atoms. The molecule has 94 valence electrons. The number of hydrogen-bond acceptors (Lipinski definition) is 1. The molecule has 0 amide bonds. The standard InChI is InChI=1S/C13H10F3NS/c1-2-9-4-5-10(8-11(9)13(14,15)16)12(18)17-6-3-7-17/h1,4-5,8H,3,6-7H2. The molecule has 1 aromatic carbocycles. The smallest absolute Gasteiger partial charge is 0.362 e. The highest BCUT2D eigenvalue weighted by molar-refractivity contribution is 7.80. The fraction of sp³-hybridized carbons (Fsp3) is 0.308. The summed E-state index contributed by atoms with van der Waals surface area (Å²) < 4.78 is 38.5. The van der Waals surface area contributed by atoms with Gasteiger partial charge in [-0.25, -0.2) is 0 Å². The van der Waals surface area contributed by atoms with Crippen LogP contribution in [0, 0.1) is 12.3 Å². The third kappa shape index (κ3) is 2.34. The lowest BCUT2D eigenvalue weighted by atomic mass is 10.0. The van der Waals surface area contributed by atoms with Crippen molar-refractivity contribution in [2.45, 2.75) is 12.6 Å². The molecule has 0 aliphatic carbocycles. The van der Waals surface area contributed by atoms with Crippen LogP contribution in [0.5, 0.6) is 0 Å². The van der Waals surface area contributed by atoms with Crippen molar-refractivity contribution < 1.29 is 13.2 Å². The molecule has 0 unspecified atom stereocenters. The maximum Gasteiger partial charge on any atom is 0.417 e. The van der Waals surface area contributed by atoms with Crippen LogP contribution in [0.4, 0.5) is 13.2 Å².